The van der Waals surface area contributed by atoms with Crippen LogP contribution in [0.4, 0.5) is 5.82 Å². The van der Waals surface area contributed by atoms with E-state index < -0.39 is 0 Å². The fraction of sp³-hybridized carbons (Fsp3) is 0.267. The van der Waals surface area contributed by atoms with Crippen LogP contribution in [0.5, 0.6) is 5.75 Å². The molecule has 0 fully saturated rings. The first-order valence-corrected chi connectivity index (χ1v) is 6.89. The van der Waals surface area contributed by atoms with Gasteiger partial charge in [-0.2, -0.15) is 0 Å². The van der Waals surface area contributed by atoms with Gasteiger partial charge in [0.2, 0.25) is 0 Å². The highest BCUT2D eigenvalue weighted by molar-refractivity contribution is 9.10. The largest absolute Gasteiger partial charge is 0.496 e. The molecule has 0 saturated carbocycles. The quantitative estimate of drug-likeness (QED) is 0.921. The summed E-state index contributed by atoms with van der Waals surface area (Å²) in [5, 5.41) is 3.35. The number of aryl methyl sites for hydroxylation is 2. The molecule has 0 radical (unpaired) electrons. The maximum absolute atomic E-state index is 5.37. The van der Waals surface area contributed by atoms with E-state index in [0.717, 1.165) is 27.2 Å². The number of rotatable bonds is 4. The molecule has 4 heteroatoms. The average Bonchev–Trinajstić information content (AvgIpc) is 2.38. The summed E-state index contributed by atoms with van der Waals surface area (Å²) in [5.74, 6) is 1.79. The van der Waals surface area contributed by atoms with Gasteiger partial charge in [-0.15, -0.1) is 0 Å². The minimum Gasteiger partial charge on any atom is -0.496 e. The smallest absolute Gasteiger partial charge is 0.129 e. The minimum atomic E-state index is 0.695. The lowest BCUT2D eigenvalue weighted by molar-refractivity contribution is 0.410. The molecule has 19 heavy (non-hydrogen) atoms. The monoisotopic (exact) mass is 320 g/mol. The fourth-order valence-corrected chi connectivity index (χ4v) is 2.40. The third kappa shape index (κ3) is 3.47. The lowest BCUT2D eigenvalue weighted by atomic mass is 10.1. The summed E-state index contributed by atoms with van der Waals surface area (Å²) in [6.45, 7) is 4.81. The number of hydrogen-bond acceptors (Lipinski definition) is 3. The van der Waals surface area contributed by atoms with Crippen LogP contribution in [0.2, 0.25) is 0 Å². The van der Waals surface area contributed by atoms with Gasteiger partial charge in [-0.05, 0) is 47.5 Å². The summed E-state index contributed by atoms with van der Waals surface area (Å²) in [7, 11) is 1.69. The maximum Gasteiger partial charge on any atom is 0.129 e. The minimum absolute atomic E-state index is 0.695. The van der Waals surface area contributed by atoms with E-state index >= 15 is 0 Å². The Kier molecular flexibility index (Phi) is 4.43. The summed E-state index contributed by atoms with van der Waals surface area (Å²) in [6.07, 6.45) is 1.79. The van der Waals surface area contributed by atoms with Crippen LogP contribution >= 0.6 is 15.9 Å². The zero-order valence-corrected chi connectivity index (χ0v) is 12.9. The van der Waals surface area contributed by atoms with Gasteiger partial charge in [-0.25, -0.2) is 4.98 Å². The highest BCUT2D eigenvalue weighted by Crippen LogP contribution is 2.22. The second-order valence-corrected chi connectivity index (χ2v) is 5.40. The molecule has 0 atom stereocenters. The number of aromatic nitrogens is 1. The molecule has 0 spiro atoms. The summed E-state index contributed by atoms with van der Waals surface area (Å²) in [5.41, 5.74) is 3.46. The van der Waals surface area contributed by atoms with Crippen molar-refractivity contribution in [1.82, 2.24) is 4.98 Å². The van der Waals surface area contributed by atoms with E-state index in [1.54, 1.807) is 13.3 Å². The van der Waals surface area contributed by atoms with Crippen molar-refractivity contribution in [2.75, 3.05) is 12.4 Å². The zero-order chi connectivity index (χ0) is 13.8. The standard InChI is InChI=1S/C15H17BrN2O/c1-10-4-5-14(19-3)12(6-10)8-17-15-11(2)7-13(16)9-18-15/h4-7,9H,8H2,1-3H3,(H,17,18). The number of hydrogen-bond donors (Lipinski definition) is 1. The third-order valence-electron chi connectivity index (χ3n) is 2.93. The number of halogens is 1. The fourth-order valence-electron chi connectivity index (χ4n) is 1.95. The van der Waals surface area contributed by atoms with Gasteiger partial charge in [0.05, 0.1) is 7.11 Å². The van der Waals surface area contributed by atoms with Gasteiger partial charge in [-0.1, -0.05) is 17.7 Å². The second-order valence-electron chi connectivity index (χ2n) is 4.49. The van der Waals surface area contributed by atoms with Gasteiger partial charge in [0.25, 0.3) is 0 Å². The highest BCUT2D eigenvalue weighted by atomic mass is 79.9. The average molecular weight is 321 g/mol. The van der Waals surface area contributed by atoms with E-state index in [9.17, 15) is 0 Å². The Morgan fingerprint density at radius 3 is 2.74 bits per heavy atom. The summed E-state index contributed by atoms with van der Waals surface area (Å²) < 4.78 is 6.36. The molecule has 0 bridgehead atoms. The van der Waals surface area contributed by atoms with Crippen LogP contribution in [0.25, 0.3) is 0 Å². The SMILES string of the molecule is COc1ccc(C)cc1CNc1ncc(Br)cc1C. The molecule has 1 aromatic carbocycles. The third-order valence-corrected chi connectivity index (χ3v) is 3.36. The van der Waals surface area contributed by atoms with Crippen LogP contribution in [-0.2, 0) is 6.54 Å². The molecule has 3 nitrogen and oxygen atoms in total. The van der Waals surface area contributed by atoms with Crippen LogP contribution in [0.3, 0.4) is 0 Å². The molecule has 1 aromatic heterocycles. The molecule has 0 saturated heterocycles. The van der Waals surface area contributed by atoms with E-state index in [-0.39, 0.29) is 0 Å². The van der Waals surface area contributed by atoms with Crippen molar-refractivity contribution in [3.8, 4) is 5.75 Å². The highest BCUT2D eigenvalue weighted by Gasteiger charge is 2.05. The van der Waals surface area contributed by atoms with Crippen molar-refractivity contribution in [3.05, 3.63) is 51.6 Å². The van der Waals surface area contributed by atoms with Crippen LogP contribution in [0.15, 0.2) is 34.9 Å². The predicted molar refractivity (Wildman–Crippen MR) is 81.7 cm³/mol. The number of anilines is 1. The number of ether oxygens (including phenoxy) is 1. The van der Waals surface area contributed by atoms with Crippen molar-refractivity contribution >= 4 is 21.7 Å². The number of benzene rings is 1. The van der Waals surface area contributed by atoms with Gasteiger partial charge in [0, 0.05) is 22.8 Å². The maximum atomic E-state index is 5.37. The Balaban J connectivity index is 2.16. The van der Waals surface area contributed by atoms with E-state index in [4.69, 9.17) is 4.74 Å². The lowest BCUT2D eigenvalue weighted by Gasteiger charge is -2.12. The summed E-state index contributed by atoms with van der Waals surface area (Å²) >= 11 is 3.41. The second kappa shape index (κ2) is 6.06. The van der Waals surface area contributed by atoms with Crippen molar-refractivity contribution < 1.29 is 4.74 Å². The van der Waals surface area contributed by atoms with Crippen LogP contribution < -0.4 is 10.1 Å². The Hall–Kier alpha value is -1.55. The van der Waals surface area contributed by atoms with Gasteiger partial charge in [0.15, 0.2) is 0 Å². The number of pyridine rings is 1. The number of nitrogens with one attached hydrogen (secondary N) is 1. The van der Waals surface area contributed by atoms with E-state index in [0.29, 0.717) is 6.54 Å². The van der Waals surface area contributed by atoms with Crippen molar-refractivity contribution in [3.63, 3.8) is 0 Å². The molecule has 100 valence electrons. The lowest BCUT2D eigenvalue weighted by Crippen LogP contribution is -2.05. The number of methoxy groups -OCH3 is 1. The molecular weight excluding hydrogens is 304 g/mol. The van der Waals surface area contributed by atoms with Crippen molar-refractivity contribution in [2.24, 2.45) is 0 Å². The normalized spacial score (nSPS) is 10.3. The van der Waals surface area contributed by atoms with Gasteiger partial charge in [-0.3, -0.25) is 0 Å². The summed E-state index contributed by atoms with van der Waals surface area (Å²) in [4.78, 5) is 4.37. The first kappa shape index (κ1) is 13.9. The Morgan fingerprint density at radius 2 is 2.05 bits per heavy atom. The van der Waals surface area contributed by atoms with Crippen LogP contribution in [0.1, 0.15) is 16.7 Å². The van der Waals surface area contributed by atoms with Crippen LogP contribution in [-0.4, -0.2) is 12.1 Å². The van der Waals surface area contributed by atoms with Gasteiger partial charge in [0.1, 0.15) is 11.6 Å². The topological polar surface area (TPSA) is 34.1 Å². The van der Waals surface area contributed by atoms with Gasteiger partial charge < -0.3 is 10.1 Å². The van der Waals surface area contributed by atoms with Crippen molar-refractivity contribution in [1.29, 1.82) is 0 Å². The van der Waals surface area contributed by atoms with Crippen LogP contribution in [0, 0.1) is 13.8 Å². The molecule has 2 aromatic rings. The molecular formula is C15H17BrN2O. The van der Waals surface area contributed by atoms with E-state index in [1.807, 2.05) is 25.1 Å². The van der Waals surface area contributed by atoms with Crippen molar-refractivity contribution in [2.45, 2.75) is 20.4 Å². The molecule has 0 unspecified atom stereocenters. The Bertz CT molecular complexity index is 584. The summed E-state index contributed by atoms with van der Waals surface area (Å²) in [6, 6.07) is 8.21. The van der Waals surface area contributed by atoms with E-state index in [1.165, 1.54) is 5.56 Å². The first-order chi connectivity index (χ1) is 9.10. The first-order valence-electron chi connectivity index (χ1n) is 6.09. The molecule has 0 amide bonds. The Morgan fingerprint density at radius 1 is 1.26 bits per heavy atom. The van der Waals surface area contributed by atoms with Gasteiger partial charge >= 0.3 is 0 Å². The predicted octanol–water partition coefficient (Wildman–Crippen LogP) is 4.08. The molecule has 0 aliphatic heterocycles. The molecule has 1 N–H and O–H groups in total. The molecule has 1 heterocycles. The van der Waals surface area contributed by atoms with E-state index in [2.05, 4.69) is 39.2 Å². The zero-order valence-electron chi connectivity index (χ0n) is 11.3. The molecule has 2 rings (SSSR count). The molecule has 0 aliphatic carbocycles. The molecule has 0 aliphatic rings. The Labute approximate surface area is 122 Å². The number of nitrogens with zero attached hydrogens (tertiary/aromatic N) is 1.